The molecule has 1 heterocycles. The number of carbonyl (C=O) groups excluding carboxylic acids is 2. The first-order chi connectivity index (χ1) is 10.5. The normalized spacial score (nSPS) is 10.8. The molecular weight excluding hydrogens is 292 g/mol. The molecule has 1 aromatic heterocycles. The molecular formula is C15H9F2N3O2. The maximum atomic E-state index is 13.7. The third kappa shape index (κ3) is 2.22. The molecule has 3 rings (SSSR count). The summed E-state index contributed by atoms with van der Waals surface area (Å²) < 4.78 is 28.4. The minimum atomic E-state index is -0.808. The number of nitrogens with two attached hydrogens (primary N) is 1. The van der Waals surface area contributed by atoms with E-state index in [1.807, 2.05) is 0 Å². The second-order valence-corrected chi connectivity index (χ2v) is 4.65. The Balaban J connectivity index is 2.20. The maximum Gasteiger partial charge on any atom is 0.251 e. The van der Waals surface area contributed by atoms with Gasteiger partial charge in [-0.1, -0.05) is 0 Å². The lowest BCUT2D eigenvalue weighted by Gasteiger charge is -2.02. The monoisotopic (exact) mass is 301 g/mol. The van der Waals surface area contributed by atoms with Crippen molar-refractivity contribution in [1.29, 1.82) is 0 Å². The van der Waals surface area contributed by atoms with Crippen molar-refractivity contribution in [2.75, 3.05) is 0 Å². The number of rotatable bonds is 3. The Labute approximate surface area is 123 Å². The summed E-state index contributed by atoms with van der Waals surface area (Å²) in [5.74, 6) is -2.13. The molecule has 0 saturated heterocycles. The van der Waals surface area contributed by atoms with Crippen molar-refractivity contribution in [3.8, 4) is 5.69 Å². The van der Waals surface area contributed by atoms with Crippen molar-refractivity contribution in [3.05, 3.63) is 59.3 Å². The summed E-state index contributed by atoms with van der Waals surface area (Å²) in [5, 5.41) is 4.49. The van der Waals surface area contributed by atoms with E-state index >= 15 is 0 Å². The minimum Gasteiger partial charge on any atom is -0.366 e. The van der Waals surface area contributed by atoms with Crippen LogP contribution in [0.5, 0.6) is 0 Å². The van der Waals surface area contributed by atoms with Crippen molar-refractivity contribution in [2.24, 2.45) is 5.73 Å². The van der Waals surface area contributed by atoms with Gasteiger partial charge in [-0.05, 0) is 24.3 Å². The van der Waals surface area contributed by atoms with E-state index in [4.69, 9.17) is 5.73 Å². The zero-order chi connectivity index (χ0) is 15.9. The molecule has 0 aliphatic carbocycles. The summed E-state index contributed by atoms with van der Waals surface area (Å²) in [4.78, 5) is 22.0. The van der Waals surface area contributed by atoms with E-state index in [1.54, 1.807) is 0 Å². The summed E-state index contributed by atoms with van der Waals surface area (Å²) in [7, 11) is 0. The van der Waals surface area contributed by atoms with Gasteiger partial charge in [0.2, 0.25) is 0 Å². The van der Waals surface area contributed by atoms with E-state index in [0.29, 0.717) is 17.4 Å². The summed E-state index contributed by atoms with van der Waals surface area (Å²) >= 11 is 0. The van der Waals surface area contributed by atoms with Gasteiger partial charge in [0.1, 0.15) is 17.2 Å². The highest BCUT2D eigenvalue weighted by Gasteiger charge is 2.14. The Bertz CT molecular complexity index is 919. The molecule has 2 N–H and O–H groups in total. The van der Waals surface area contributed by atoms with Crippen molar-refractivity contribution in [3.63, 3.8) is 0 Å². The number of nitrogens with zero attached hydrogens (tertiary/aromatic N) is 2. The lowest BCUT2D eigenvalue weighted by molar-refractivity contribution is 0.100. The van der Waals surface area contributed by atoms with Crippen LogP contribution in [-0.2, 0) is 0 Å². The summed E-state index contributed by atoms with van der Waals surface area (Å²) in [6, 6.07) is 6.11. The fourth-order valence-corrected chi connectivity index (χ4v) is 2.17. The van der Waals surface area contributed by atoms with Gasteiger partial charge in [0, 0.05) is 17.6 Å². The van der Waals surface area contributed by atoms with Crippen LogP contribution >= 0.6 is 0 Å². The molecule has 0 radical (unpaired) electrons. The van der Waals surface area contributed by atoms with Gasteiger partial charge < -0.3 is 5.73 Å². The molecule has 7 heteroatoms. The van der Waals surface area contributed by atoms with Gasteiger partial charge in [-0.3, -0.25) is 9.59 Å². The van der Waals surface area contributed by atoms with Gasteiger partial charge in [0.05, 0.1) is 16.8 Å². The molecule has 22 heavy (non-hydrogen) atoms. The Morgan fingerprint density at radius 3 is 2.64 bits per heavy atom. The number of aldehydes is 1. The lowest BCUT2D eigenvalue weighted by Crippen LogP contribution is -2.12. The summed E-state index contributed by atoms with van der Waals surface area (Å²) in [6.07, 6.45) is 1.85. The van der Waals surface area contributed by atoms with Crippen LogP contribution in [0.4, 0.5) is 8.78 Å². The molecule has 0 spiro atoms. The second kappa shape index (κ2) is 5.03. The topological polar surface area (TPSA) is 78.0 Å². The van der Waals surface area contributed by atoms with Gasteiger partial charge in [-0.15, -0.1) is 0 Å². The van der Waals surface area contributed by atoms with Crippen LogP contribution in [-0.4, -0.2) is 22.0 Å². The summed E-state index contributed by atoms with van der Waals surface area (Å²) in [5.41, 5.74) is 5.61. The molecule has 0 bridgehead atoms. The average Bonchev–Trinajstić information content (AvgIpc) is 2.89. The Morgan fingerprint density at radius 2 is 2.00 bits per heavy atom. The van der Waals surface area contributed by atoms with E-state index in [-0.39, 0.29) is 16.6 Å². The minimum absolute atomic E-state index is 0.0567. The first kappa shape index (κ1) is 13.9. The number of aromatic nitrogens is 2. The van der Waals surface area contributed by atoms with Crippen molar-refractivity contribution >= 4 is 23.1 Å². The van der Waals surface area contributed by atoms with Gasteiger partial charge in [-0.25, -0.2) is 13.5 Å². The predicted octanol–water partition coefficient (Wildman–Crippen LogP) is 2.22. The number of hydrogen-bond donors (Lipinski definition) is 1. The number of carbonyl (C=O) groups is 2. The third-order valence-electron chi connectivity index (χ3n) is 3.21. The van der Waals surface area contributed by atoms with Crippen LogP contribution in [0.1, 0.15) is 20.7 Å². The molecule has 0 aliphatic heterocycles. The quantitative estimate of drug-likeness (QED) is 0.753. The zero-order valence-electron chi connectivity index (χ0n) is 11.1. The molecule has 1 amide bonds. The fraction of sp³-hybridized carbons (Fsp3) is 0. The first-order valence-electron chi connectivity index (χ1n) is 6.23. The van der Waals surface area contributed by atoms with Gasteiger partial charge >= 0.3 is 0 Å². The van der Waals surface area contributed by atoms with E-state index in [9.17, 15) is 18.4 Å². The summed E-state index contributed by atoms with van der Waals surface area (Å²) in [6.45, 7) is 0. The van der Waals surface area contributed by atoms with Gasteiger partial charge in [-0.2, -0.15) is 5.10 Å². The highest BCUT2D eigenvalue weighted by atomic mass is 19.1. The smallest absolute Gasteiger partial charge is 0.251 e. The van der Waals surface area contributed by atoms with Crippen molar-refractivity contribution in [1.82, 2.24) is 9.78 Å². The largest absolute Gasteiger partial charge is 0.366 e. The van der Waals surface area contributed by atoms with Crippen LogP contribution in [0, 0.1) is 11.6 Å². The number of benzene rings is 2. The van der Waals surface area contributed by atoms with E-state index in [1.165, 1.54) is 29.1 Å². The highest BCUT2D eigenvalue weighted by Crippen LogP contribution is 2.22. The number of primary amides is 1. The predicted molar refractivity (Wildman–Crippen MR) is 74.9 cm³/mol. The Kier molecular flexibility index (Phi) is 3.17. The first-order valence-corrected chi connectivity index (χ1v) is 6.23. The van der Waals surface area contributed by atoms with E-state index in [2.05, 4.69) is 5.10 Å². The average molecular weight is 301 g/mol. The number of hydrogen-bond acceptors (Lipinski definition) is 3. The van der Waals surface area contributed by atoms with Crippen LogP contribution in [0.3, 0.4) is 0 Å². The number of amides is 1. The second-order valence-electron chi connectivity index (χ2n) is 4.65. The number of halogens is 2. The molecule has 0 saturated carbocycles. The molecule has 0 unspecified atom stereocenters. The Morgan fingerprint density at radius 1 is 1.23 bits per heavy atom. The Hall–Kier alpha value is -3.09. The SMILES string of the molecule is NC(=O)c1cc(F)cc2cn(-c3ccc(C=O)c(F)c3)nc12. The van der Waals surface area contributed by atoms with Crippen LogP contribution in [0.25, 0.3) is 16.6 Å². The molecule has 0 atom stereocenters. The van der Waals surface area contributed by atoms with Crippen molar-refractivity contribution < 1.29 is 18.4 Å². The van der Waals surface area contributed by atoms with E-state index in [0.717, 1.165) is 12.1 Å². The van der Waals surface area contributed by atoms with Gasteiger partial charge in [0.25, 0.3) is 5.91 Å². The van der Waals surface area contributed by atoms with Crippen LogP contribution < -0.4 is 5.73 Å². The van der Waals surface area contributed by atoms with Crippen LogP contribution in [0.15, 0.2) is 36.5 Å². The van der Waals surface area contributed by atoms with Gasteiger partial charge in [0.15, 0.2) is 6.29 Å². The molecule has 5 nitrogen and oxygen atoms in total. The van der Waals surface area contributed by atoms with Crippen molar-refractivity contribution in [2.45, 2.75) is 0 Å². The molecule has 3 aromatic rings. The molecule has 0 fully saturated rings. The third-order valence-corrected chi connectivity index (χ3v) is 3.21. The molecule has 110 valence electrons. The maximum absolute atomic E-state index is 13.7. The van der Waals surface area contributed by atoms with Crippen LogP contribution in [0.2, 0.25) is 0 Å². The highest BCUT2D eigenvalue weighted by molar-refractivity contribution is 6.04. The standard InChI is InChI=1S/C15H9F2N3O2/c16-10-3-9-6-20(19-14(9)12(4-10)15(18)22)11-2-1-8(7-21)13(17)5-11/h1-7H,(H2,18,22). The van der Waals surface area contributed by atoms with E-state index < -0.39 is 17.5 Å². The fourth-order valence-electron chi connectivity index (χ4n) is 2.17. The molecule has 2 aromatic carbocycles. The lowest BCUT2D eigenvalue weighted by atomic mass is 10.1. The zero-order valence-corrected chi connectivity index (χ0v) is 11.1. The molecule has 0 aliphatic rings. The number of fused-ring (bicyclic) bond motifs is 1.